The third-order valence-electron chi connectivity index (χ3n) is 2.74. The molecular weight excluding hydrogens is 311 g/mol. The standard InChI is InChI=1S/C15H14Cl2N2O2/c1-10-2-4-12(5-3-10)21-7-6-18-15(20)11-8-13(16)14(17)19-9-11/h2-5,8-9H,6-7H2,1H3,(H,18,20). The number of aromatic nitrogens is 1. The van der Waals surface area contributed by atoms with Crippen LogP contribution in [0.25, 0.3) is 0 Å². The lowest BCUT2D eigenvalue weighted by Crippen LogP contribution is -2.28. The van der Waals surface area contributed by atoms with Crippen molar-refractivity contribution in [2.75, 3.05) is 13.2 Å². The third-order valence-corrected chi connectivity index (χ3v) is 3.42. The summed E-state index contributed by atoms with van der Waals surface area (Å²) in [5.74, 6) is 0.500. The van der Waals surface area contributed by atoms with Crippen LogP contribution in [0.4, 0.5) is 0 Å². The van der Waals surface area contributed by atoms with Crippen LogP contribution in [0.5, 0.6) is 5.75 Å². The zero-order chi connectivity index (χ0) is 15.2. The van der Waals surface area contributed by atoms with E-state index in [1.54, 1.807) is 0 Å². The van der Waals surface area contributed by atoms with Crippen LogP contribution in [0.15, 0.2) is 36.5 Å². The molecule has 1 aromatic carbocycles. The predicted molar refractivity (Wildman–Crippen MR) is 83.3 cm³/mol. The monoisotopic (exact) mass is 324 g/mol. The van der Waals surface area contributed by atoms with Gasteiger partial charge in [-0.25, -0.2) is 4.98 Å². The Morgan fingerprint density at radius 3 is 2.67 bits per heavy atom. The highest BCUT2D eigenvalue weighted by atomic mass is 35.5. The number of pyridine rings is 1. The highest BCUT2D eigenvalue weighted by Gasteiger charge is 2.08. The second-order valence-corrected chi connectivity index (χ2v) is 5.18. The lowest BCUT2D eigenvalue weighted by molar-refractivity contribution is 0.0946. The number of hydrogen-bond acceptors (Lipinski definition) is 3. The summed E-state index contributed by atoms with van der Waals surface area (Å²) in [7, 11) is 0. The van der Waals surface area contributed by atoms with E-state index in [4.69, 9.17) is 27.9 Å². The highest BCUT2D eigenvalue weighted by Crippen LogP contribution is 2.19. The fourth-order valence-electron chi connectivity index (χ4n) is 1.62. The summed E-state index contributed by atoms with van der Waals surface area (Å²) in [4.78, 5) is 15.7. The van der Waals surface area contributed by atoms with E-state index in [2.05, 4.69) is 10.3 Å². The van der Waals surface area contributed by atoms with Crippen molar-refractivity contribution in [3.05, 3.63) is 57.8 Å². The molecule has 1 amide bonds. The second kappa shape index (κ2) is 7.29. The van der Waals surface area contributed by atoms with Gasteiger partial charge in [-0.3, -0.25) is 4.79 Å². The number of aryl methyl sites for hydroxylation is 1. The second-order valence-electron chi connectivity index (χ2n) is 4.41. The summed E-state index contributed by atoms with van der Waals surface area (Å²) in [6.45, 7) is 2.77. The number of ether oxygens (including phenoxy) is 1. The summed E-state index contributed by atoms with van der Waals surface area (Å²) >= 11 is 11.5. The molecule has 0 saturated heterocycles. The minimum absolute atomic E-state index is 0.177. The van der Waals surface area contributed by atoms with Crippen LogP contribution >= 0.6 is 23.2 Å². The maximum absolute atomic E-state index is 11.9. The molecule has 0 aliphatic rings. The van der Waals surface area contributed by atoms with Gasteiger partial charge in [0.2, 0.25) is 0 Å². The molecule has 0 fully saturated rings. The number of hydrogen-bond donors (Lipinski definition) is 1. The molecule has 0 radical (unpaired) electrons. The van der Waals surface area contributed by atoms with Crippen LogP contribution in [0.3, 0.4) is 0 Å². The number of carbonyl (C=O) groups excluding carboxylic acids is 1. The van der Waals surface area contributed by atoms with E-state index in [1.807, 2.05) is 31.2 Å². The van der Waals surface area contributed by atoms with Crippen molar-refractivity contribution in [3.63, 3.8) is 0 Å². The summed E-state index contributed by atoms with van der Waals surface area (Å²) in [6.07, 6.45) is 1.38. The Balaban J connectivity index is 1.79. The Hall–Kier alpha value is -1.78. The first-order chi connectivity index (χ1) is 10.1. The molecule has 0 unspecified atom stereocenters. The molecule has 0 aliphatic heterocycles. The molecule has 0 bridgehead atoms. The van der Waals surface area contributed by atoms with Crippen LogP contribution in [0.2, 0.25) is 10.2 Å². The van der Waals surface area contributed by atoms with Gasteiger partial charge in [-0.15, -0.1) is 0 Å². The Kier molecular flexibility index (Phi) is 5.42. The van der Waals surface area contributed by atoms with Crippen molar-refractivity contribution in [2.45, 2.75) is 6.92 Å². The normalized spacial score (nSPS) is 10.2. The van der Waals surface area contributed by atoms with Gasteiger partial charge in [-0.1, -0.05) is 40.9 Å². The van der Waals surface area contributed by atoms with E-state index in [1.165, 1.54) is 17.8 Å². The summed E-state index contributed by atoms with van der Waals surface area (Å²) < 4.78 is 5.51. The fraction of sp³-hybridized carbons (Fsp3) is 0.200. The van der Waals surface area contributed by atoms with Gasteiger partial charge in [0.1, 0.15) is 17.5 Å². The first-order valence-electron chi connectivity index (χ1n) is 6.35. The van der Waals surface area contributed by atoms with Gasteiger partial charge >= 0.3 is 0 Å². The molecule has 2 rings (SSSR count). The SMILES string of the molecule is Cc1ccc(OCCNC(=O)c2cnc(Cl)c(Cl)c2)cc1. The molecule has 110 valence electrons. The Morgan fingerprint density at radius 2 is 2.00 bits per heavy atom. The molecule has 1 aromatic heterocycles. The number of halogens is 2. The quantitative estimate of drug-likeness (QED) is 0.676. The van der Waals surface area contributed by atoms with Crippen LogP contribution in [0, 0.1) is 6.92 Å². The van der Waals surface area contributed by atoms with Gasteiger partial charge in [0.25, 0.3) is 5.91 Å². The topological polar surface area (TPSA) is 51.2 Å². The Morgan fingerprint density at radius 1 is 1.29 bits per heavy atom. The molecule has 0 saturated carbocycles. The van der Waals surface area contributed by atoms with Crippen molar-refractivity contribution in [2.24, 2.45) is 0 Å². The fourth-order valence-corrected chi connectivity index (χ4v) is 1.89. The molecule has 6 heteroatoms. The van der Waals surface area contributed by atoms with Gasteiger partial charge in [0.15, 0.2) is 0 Å². The average Bonchev–Trinajstić information content (AvgIpc) is 2.48. The first-order valence-corrected chi connectivity index (χ1v) is 7.10. The van der Waals surface area contributed by atoms with E-state index >= 15 is 0 Å². The smallest absolute Gasteiger partial charge is 0.253 e. The molecule has 0 aliphatic carbocycles. The molecule has 0 atom stereocenters. The van der Waals surface area contributed by atoms with Gasteiger partial charge in [-0.2, -0.15) is 0 Å². The largest absolute Gasteiger partial charge is 0.492 e. The van der Waals surface area contributed by atoms with Gasteiger partial charge in [-0.05, 0) is 25.1 Å². The third kappa shape index (κ3) is 4.62. The van der Waals surface area contributed by atoms with Crippen molar-refractivity contribution >= 4 is 29.1 Å². The molecule has 1 heterocycles. The van der Waals surface area contributed by atoms with Crippen molar-refractivity contribution in [3.8, 4) is 5.75 Å². The van der Waals surface area contributed by atoms with Crippen molar-refractivity contribution in [1.82, 2.24) is 10.3 Å². The van der Waals surface area contributed by atoms with Gasteiger partial charge < -0.3 is 10.1 Å². The molecule has 1 N–H and O–H groups in total. The van der Waals surface area contributed by atoms with Crippen LogP contribution < -0.4 is 10.1 Å². The zero-order valence-corrected chi connectivity index (χ0v) is 12.9. The highest BCUT2D eigenvalue weighted by molar-refractivity contribution is 6.41. The Bertz CT molecular complexity index is 630. The molecule has 21 heavy (non-hydrogen) atoms. The Labute approximate surface area is 133 Å². The molecule has 4 nitrogen and oxygen atoms in total. The van der Waals surface area contributed by atoms with Crippen molar-refractivity contribution in [1.29, 1.82) is 0 Å². The van der Waals surface area contributed by atoms with Crippen LogP contribution in [0.1, 0.15) is 15.9 Å². The van der Waals surface area contributed by atoms with E-state index in [0.717, 1.165) is 5.75 Å². The lowest BCUT2D eigenvalue weighted by Gasteiger charge is -2.08. The average molecular weight is 325 g/mol. The molecule has 2 aromatic rings. The minimum Gasteiger partial charge on any atom is -0.492 e. The minimum atomic E-state index is -0.270. The van der Waals surface area contributed by atoms with Crippen LogP contribution in [-0.2, 0) is 0 Å². The van der Waals surface area contributed by atoms with Crippen molar-refractivity contribution < 1.29 is 9.53 Å². The summed E-state index contributed by atoms with van der Waals surface area (Å²) in [5, 5.41) is 3.15. The first kappa shape index (κ1) is 15.6. The number of nitrogens with zero attached hydrogens (tertiary/aromatic N) is 1. The number of carbonyl (C=O) groups is 1. The van der Waals surface area contributed by atoms with E-state index < -0.39 is 0 Å². The van der Waals surface area contributed by atoms with Gasteiger partial charge in [0, 0.05) is 6.20 Å². The zero-order valence-electron chi connectivity index (χ0n) is 11.4. The maximum Gasteiger partial charge on any atom is 0.253 e. The van der Waals surface area contributed by atoms with E-state index in [-0.39, 0.29) is 16.1 Å². The number of amides is 1. The summed E-state index contributed by atoms with van der Waals surface area (Å²) in [6, 6.07) is 9.19. The van der Waals surface area contributed by atoms with E-state index in [9.17, 15) is 4.79 Å². The number of benzene rings is 1. The van der Waals surface area contributed by atoms with Crippen LogP contribution in [-0.4, -0.2) is 24.0 Å². The van der Waals surface area contributed by atoms with Gasteiger partial charge in [0.05, 0.1) is 17.1 Å². The lowest BCUT2D eigenvalue weighted by atomic mass is 10.2. The van der Waals surface area contributed by atoms with E-state index in [0.29, 0.717) is 18.7 Å². The summed E-state index contributed by atoms with van der Waals surface area (Å²) in [5.41, 5.74) is 1.53. The maximum atomic E-state index is 11.9. The molecular formula is C15H14Cl2N2O2. The number of rotatable bonds is 5. The number of nitrogens with one attached hydrogen (secondary N) is 1. The molecule has 0 spiro atoms. The predicted octanol–water partition coefficient (Wildman–Crippen LogP) is 3.51.